The molecule has 11 heteroatoms. The molecular weight excluding hydrogens is 481 g/mol. The maximum absolute atomic E-state index is 14.6. The van der Waals surface area contributed by atoms with E-state index in [1.165, 1.54) is 6.20 Å². The summed E-state index contributed by atoms with van der Waals surface area (Å²) in [5.41, 5.74) is 1.34. The lowest BCUT2D eigenvalue weighted by Crippen LogP contribution is -2.43. The standard InChI is InChI=1S/C24H22ClF3N6O/c25-15-6-18-19(10-31-21(18)30-9-15)22-32-11-20(28)23(33-22)29-8-13-2-1-3-34(12-13)24(35)14-4-16(26)7-17(27)5-14/h4-7,9-10,13,29H,1-3,8,11-12H2,(H,30,31)(H,32,33)/t13-/m1/s1. The van der Waals surface area contributed by atoms with Crippen LogP contribution in [0, 0.1) is 17.6 Å². The topological polar surface area (TPSA) is 85.4 Å². The highest BCUT2D eigenvalue weighted by Gasteiger charge is 2.26. The lowest BCUT2D eigenvalue weighted by molar-refractivity contribution is 0.0673. The fraction of sp³-hybridized carbons (Fsp3) is 0.292. The van der Waals surface area contributed by atoms with Crippen LogP contribution in [-0.4, -0.2) is 52.8 Å². The molecule has 1 amide bonds. The number of halogens is 4. The normalized spacial score (nSPS) is 18.5. The number of benzene rings is 1. The van der Waals surface area contributed by atoms with Crippen molar-refractivity contribution in [1.82, 2.24) is 25.5 Å². The third-order valence-corrected chi connectivity index (χ3v) is 6.33. The summed E-state index contributed by atoms with van der Waals surface area (Å²) in [5.74, 6) is -1.80. The van der Waals surface area contributed by atoms with Gasteiger partial charge in [0.1, 0.15) is 23.1 Å². The maximum Gasteiger partial charge on any atom is 0.254 e. The Morgan fingerprint density at radius 1 is 1.20 bits per heavy atom. The average molecular weight is 503 g/mol. The summed E-state index contributed by atoms with van der Waals surface area (Å²) in [7, 11) is 0. The van der Waals surface area contributed by atoms with Crippen molar-refractivity contribution in [3.63, 3.8) is 0 Å². The molecule has 0 saturated carbocycles. The number of pyridine rings is 1. The Balaban J connectivity index is 1.27. The molecule has 2 aromatic heterocycles. The van der Waals surface area contributed by atoms with Crippen LogP contribution in [0.4, 0.5) is 13.2 Å². The molecule has 2 aliphatic heterocycles. The van der Waals surface area contributed by atoms with Gasteiger partial charge < -0.3 is 20.5 Å². The first-order valence-electron chi connectivity index (χ1n) is 11.2. The number of H-pyrrole nitrogens is 1. The Bertz CT molecular complexity index is 1330. The number of aliphatic imine (C=N–C) groups is 1. The van der Waals surface area contributed by atoms with E-state index in [0.717, 1.165) is 42.0 Å². The number of nitrogens with zero attached hydrogens (tertiary/aromatic N) is 3. The fourth-order valence-electron chi connectivity index (χ4n) is 4.44. The Morgan fingerprint density at radius 2 is 2.00 bits per heavy atom. The summed E-state index contributed by atoms with van der Waals surface area (Å²) in [6, 6.07) is 4.56. The predicted molar refractivity (Wildman–Crippen MR) is 127 cm³/mol. The van der Waals surface area contributed by atoms with Gasteiger partial charge in [-0.25, -0.2) is 23.1 Å². The van der Waals surface area contributed by atoms with E-state index in [-0.39, 0.29) is 23.8 Å². The van der Waals surface area contributed by atoms with Crippen LogP contribution in [-0.2, 0) is 0 Å². The van der Waals surface area contributed by atoms with Crippen LogP contribution in [0.2, 0.25) is 5.02 Å². The minimum Gasteiger partial charge on any atom is -0.367 e. The van der Waals surface area contributed by atoms with Crippen LogP contribution in [0.1, 0.15) is 28.8 Å². The molecule has 1 fully saturated rings. The number of hydrogen-bond acceptors (Lipinski definition) is 5. The van der Waals surface area contributed by atoms with Crippen LogP contribution in [0.5, 0.6) is 0 Å². The van der Waals surface area contributed by atoms with Crippen molar-refractivity contribution in [2.24, 2.45) is 10.9 Å². The number of hydrogen-bond donors (Lipinski definition) is 3. The number of likely N-dealkylation sites (tertiary alicyclic amines) is 1. The van der Waals surface area contributed by atoms with Gasteiger partial charge in [-0.05, 0) is 37.0 Å². The number of carbonyl (C=O) groups excluding carboxylic acids is 1. The molecule has 5 rings (SSSR count). The molecule has 0 radical (unpaired) electrons. The second kappa shape index (κ2) is 9.61. The first kappa shape index (κ1) is 23.2. The molecule has 3 aromatic rings. The minimum absolute atomic E-state index is 0.0224. The molecule has 1 saturated heterocycles. The largest absolute Gasteiger partial charge is 0.367 e. The van der Waals surface area contributed by atoms with Gasteiger partial charge in [-0.2, -0.15) is 0 Å². The van der Waals surface area contributed by atoms with Gasteiger partial charge in [0.15, 0.2) is 11.6 Å². The van der Waals surface area contributed by atoms with Crippen LogP contribution >= 0.6 is 11.6 Å². The van der Waals surface area contributed by atoms with Crippen LogP contribution in [0.3, 0.4) is 0 Å². The summed E-state index contributed by atoms with van der Waals surface area (Å²) >= 11 is 6.08. The van der Waals surface area contributed by atoms with E-state index >= 15 is 0 Å². The van der Waals surface area contributed by atoms with Crippen molar-refractivity contribution in [1.29, 1.82) is 0 Å². The van der Waals surface area contributed by atoms with Gasteiger partial charge in [0.2, 0.25) is 0 Å². The summed E-state index contributed by atoms with van der Waals surface area (Å²) in [5, 5.41) is 7.29. The van der Waals surface area contributed by atoms with E-state index < -0.39 is 23.4 Å². The molecule has 0 aliphatic carbocycles. The average Bonchev–Trinajstić information content (AvgIpc) is 3.25. The zero-order valence-electron chi connectivity index (χ0n) is 18.5. The van der Waals surface area contributed by atoms with E-state index in [1.54, 1.807) is 17.2 Å². The second-order valence-electron chi connectivity index (χ2n) is 8.62. The van der Waals surface area contributed by atoms with Gasteiger partial charge in [-0.15, -0.1) is 0 Å². The number of aromatic amines is 1. The van der Waals surface area contributed by atoms with E-state index in [2.05, 4.69) is 25.6 Å². The Kier molecular flexibility index (Phi) is 6.38. The van der Waals surface area contributed by atoms with Crippen LogP contribution < -0.4 is 10.6 Å². The molecule has 1 aromatic carbocycles. The molecule has 35 heavy (non-hydrogen) atoms. The number of fused-ring (bicyclic) bond motifs is 1. The number of nitrogens with one attached hydrogen (secondary N) is 3. The smallest absolute Gasteiger partial charge is 0.254 e. The van der Waals surface area contributed by atoms with Gasteiger partial charge in [0, 0.05) is 54.6 Å². The predicted octanol–water partition coefficient (Wildman–Crippen LogP) is 4.12. The first-order valence-corrected chi connectivity index (χ1v) is 11.6. The molecule has 3 N–H and O–H groups in total. The fourth-order valence-corrected chi connectivity index (χ4v) is 4.60. The Hall–Kier alpha value is -3.53. The lowest BCUT2D eigenvalue weighted by atomic mass is 9.97. The van der Waals surface area contributed by atoms with E-state index in [4.69, 9.17) is 11.6 Å². The molecule has 1 atom stereocenters. The third-order valence-electron chi connectivity index (χ3n) is 6.12. The molecule has 2 aliphatic rings. The van der Waals surface area contributed by atoms with Crippen molar-refractivity contribution in [3.8, 4) is 0 Å². The SMILES string of the molecule is O=C(c1cc(F)cc(F)c1)N1CCC[C@H](CNC2=C(F)CNC(c3c[nH]c4ncc(Cl)cc34)=N2)C1. The number of amidine groups is 1. The molecule has 7 nitrogen and oxygen atoms in total. The Labute approximate surface area is 204 Å². The molecule has 4 heterocycles. The zero-order valence-corrected chi connectivity index (χ0v) is 19.3. The maximum atomic E-state index is 14.6. The van der Waals surface area contributed by atoms with E-state index in [9.17, 15) is 18.0 Å². The van der Waals surface area contributed by atoms with Gasteiger partial charge in [-0.1, -0.05) is 11.6 Å². The highest BCUT2D eigenvalue weighted by atomic mass is 35.5. The molecule has 0 bridgehead atoms. The highest BCUT2D eigenvalue weighted by Crippen LogP contribution is 2.24. The number of carbonyl (C=O) groups is 1. The molecule has 0 spiro atoms. The van der Waals surface area contributed by atoms with Crippen molar-refractivity contribution in [3.05, 3.63) is 76.1 Å². The summed E-state index contributed by atoms with van der Waals surface area (Å²) in [6.07, 6.45) is 4.83. The lowest BCUT2D eigenvalue weighted by Gasteiger charge is -2.33. The molecule has 182 valence electrons. The van der Waals surface area contributed by atoms with E-state index in [0.29, 0.717) is 36.1 Å². The summed E-state index contributed by atoms with van der Waals surface area (Å²) < 4.78 is 41.7. The number of amides is 1. The first-order chi connectivity index (χ1) is 16.9. The third kappa shape index (κ3) is 4.97. The van der Waals surface area contributed by atoms with Crippen molar-refractivity contribution in [2.75, 3.05) is 26.2 Å². The van der Waals surface area contributed by atoms with Gasteiger partial charge in [0.25, 0.3) is 5.91 Å². The zero-order chi connectivity index (χ0) is 24.5. The van der Waals surface area contributed by atoms with Crippen molar-refractivity contribution in [2.45, 2.75) is 12.8 Å². The Morgan fingerprint density at radius 3 is 2.80 bits per heavy atom. The monoisotopic (exact) mass is 502 g/mol. The second-order valence-corrected chi connectivity index (χ2v) is 9.05. The van der Waals surface area contributed by atoms with Crippen LogP contribution in [0.15, 0.2) is 53.3 Å². The summed E-state index contributed by atoms with van der Waals surface area (Å²) in [4.78, 5) is 26.1. The van der Waals surface area contributed by atoms with Gasteiger partial charge in [0.05, 0.1) is 11.6 Å². The van der Waals surface area contributed by atoms with Crippen molar-refractivity contribution >= 4 is 34.4 Å². The quantitative estimate of drug-likeness (QED) is 0.490. The van der Waals surface area contributed by atoms with Gasteiger partial charge in [-0.3, -0.25) is 4.79 Å². The number of rotatable bonds is 5. The number of aromatic nitrogens is 2. The van der Waals surface area contributed by atoms with Crippen LogP contribution in [0.25, 0.3) is 11.0 Å². The summed E-state index contributed by atoms with van der Waals surface area (Å²) in [6.45, 7) is 1.25. The minimum atomic E-state index is -0.793. The van der Waals surface area contributed by atoms with Gasteiger partial charge >= 0.3 is 0 Å². The van der Waals surface area contributed by atoms with E-state index in [1.807, 2.05) is 0 Å². The molecule has 0 unspecified atom stereocenters. The van der Waals surface area contributed by atoms with Crippen molar-refractivity contribution < 1.29 is 18.0 Å². The number of piperidine rings is 1. The molecular formula is C24H22ClF3N6O. The highest BCUT2D eigenvalue weighted by molar-refractivity contribution is 6.31.